The SMILES string of the molecule is CC(N)CC(=O)COC(C)C. The number of nitrogens with two attached hydrogens (primary N) is 1. The summed E-state index contributed by atoms with van der Waals surface area (Å²) in [6.07, 6.45) is 0.527. The maximum atomic E-state index is 11.0. The summed E-state index contributed by atoms with van der Waals surface area (Å²) in [6.45, 7) is 5.81. The third-order valence-electron chi connectivity index (χ3n) is 1.13. The Labute approximate surface area is 67.9 Å². The first kappa shape index (κ1) is 10.6. The van der Waals surface area contributed by atoms with Gasteiger partial charge in [-0.25, -0.2) is 0 Å². The number of carbonyl (C=O) groups is 1. The summed E-state index contributed by atoms with van der Waals surface area (Å²) in [5.41, 5.74) is 5.42. The molecule has 0 radical (unpaired) electrons. The van der Waals surface area contributed by atoms with E-state index in [1.807, 2.05) is 20.8 Å². The first-order chi connectivity index (χ1) is 5.02. The third kappa shape index (κ3) is 7.49. The second kappa shape index (κ2) is 5.27. The largest absolute Gasteiger partial charge is 0.371 e. The topological polar surface area (TPSA) is 52.3 Å². The van der Waals surface area contributed by atoms with Crippen molar-refractivity contribution in [3.8, 4) is 0 Å². The van der Waals surface area contributed by atoms with Crippen molar-refractivity contribution in [1.29, 1.82) is 0 Å². The summed E-state index contributed by atoms with van der Waals surface area (Å²) in [5, 5.41) is 0. The van der Waals surface area contributed by atoms with Crippen LogP contribution in [0.3, 0.4) is 0 Å². The summed E-state index contributed by atoms with van der Waals surface area (Å²) >= 11 is 0. The number of hydrogen-bond donors (Lipinski definition) is 1. The molecule has 11 heavy (non-hydrogen) atoms. The van der Waals surface area contributed by atoms with Crippen LogP contribution >= 0.6 is 0 Å². The maximum Gasteiger partial charge on any atom is 0.160 e. The second-order valence-electron chi connectivity index (χ2n) is 3.08. The number of carbonyl (C=O) groups excluding carboxylic acids is 1. The van der Waals surface area contributed by atoms with Crippen molar-refractivity contribution in [2.75, 3.05) is 6.61 Å². The molecule has 1 unspecified atom stereocenters. The first-order valence-corrected chi connectivity index (χ1v) is 3.91. The monoisotopic (exact) mass is 159 g/mol. The minimum Gasteiger partial charge on any atom is -0.371 e. The lowest BCUT2D eigenvalue weighted by Crippen LogP contribution is -2.23. The van der Waals surface area contributed by atoms with Crippen molar-refractivity contribution in [2.45, 2.75) is 39.3 Å². The van der Waals surface area contributed by atoms with E-state index in [2.05, 4.69) is 0 Å². The second-order valence-corrected chi connectivity index (χ2v) is 3.08. The predicted octanol–water partition coefficient (Wildman–Crippen LogP) is 0.718. The Balaban J connectivity index is 3.38. The van der Waals surface area contributed by atoms with Crippen LogP contribution in [-0.2, 0) is 9.53 Å². The van der Waals surface area contributed by atoms with E-state index in [4.69, 9.17) is 10.5 Å². The molecular weight excluding hydrogens is 142 g/mol. The minimum atomic E-state index is -0.0572. The van der Waals surface area contributed by atoms with Crippen LogP contribution in [-0.4, -0.2) is 24.5 Å². The van der Waals surface area contributed by atoms with Crippen molar-refractivity contribution in [3.05, 3.63) is 0 Å². The number of Topliss-reactive ketones (excluding diaryl/α,β-unsaturated/α-hetero) is 1. The Morgan fingerprint density at radius 2 is 2.00 bits per heavy atom. The molecule has 0 fully saturated rings. The summed E-state index contributed by atoms with van der Waals surface area (Å²) in [7, 11) is 0. The average molecular weight is 159 g/mol. The van der Waals surface area contributed by atoms with Gasteiger partial charge in [0.2, 0.25) is 0 Å². The van der Waals surface area contributed by atoms with Gasteiger partial charge in [0.1, 0.15) is 6.61 Å². The molecule has 66 valence electrons. The summed E-state index contributed by atoms with van der Waals surface area (Å²) in [5.74, 6) is 0.0775. The van der Waals surface area contributed by atoms with Crippen molar-refractivity contribution in [1.82, 2.24) is 0 Å². The van der Waals surface area contributed by atoms with Gasteiger partial charge in [-0.2, -0.15) is 0 Å². The lowest BCUT2D eigenvalue weighted by molar-refractivity contribution is -0.125. The lowest BCUT2D eigenvalue weighted by Gasteiger charge is -2.07. The Morgan fingerprint density at radius 3 is 2.36 bits per heavy atom. The molecule has 0 aliphatic rings. The molecule has 0 saturated heterocycles. The highest BCUT2D eigenvalue weighted by molar-refractivity contribution is 5.80. The lowest BCUT2D eigenvalue weighted by atomic mass is 10.2. The highest BCUT2D eigenvalue weighted by atomic mass is 16.5. The molecule has 0 saturated carbocycles. The molecule has 0 aliphatic heterocycles. The number of hydrogen-bond acceptors (Lipinski definition) is 3. The van der Waals surface area contributed by atoms with Crippen LogP contribution in [0.5, 0.6) is 0 Å². The van der Waals surface area contributed by atoms with Crippen LogP contribution in [0.15, 0.2) is 0 Å². The fourth-order valence-corrected chi connectivity index (χ4v) is 0.678. The van der Waals surface area contributed by atoms with Gasteiger partial charge in [0.05, 0.1) is 6.10 Å². The Kier molecular flexibility index (Phi) is 5.07. The molecule has 2 N–H and O–H groups in total. The van der Waals surface area contributed by atoms with Crippen molar-refractivity contribution in [3.63, 3.8) is 0 Å². The zero-order chi connectivity index (χ0) is 8.85. The molecule has 0 aromatic rings. The Bertz CT molecular complexity index is 121. The summed E-state index contributed by atoms with van der Waals surface area (Å²) in [6, 6.07) is -0.0572. The van der Waals surface area contributed by atoms with Gasteiger partial charge in [-0.3, -0.25) is 4.79 Å². The molecule has 0 aromatic heterocycles. The molecule has 0 aliphatic carbocycles. The molecule has 3 nitrogen and oxygen atoms in total. The number of ketones is 1. The highest BCUT2D eigenvalue weighted by Crippen LogP contribution is 1.92. The van der Waals surface area contributed by atoms with E-state index < -0.39 is 0 Å². The van der Waals surface area contributed by atoms with E-state index in [1.54, 1.807) is 0 Å². The molecule has 0 spiro atoms. The van der Waals surface area contributed by atoms with Crippen molar-refractivity contribution in [2.24, 2.45) is 5.73 Å². The Hall–Kier alpha value is -0.410. The molecule has 3 heteroatoms. The molecule has 1 atom stereocenters. The molecule has 0 amide bonds. The van der Waals surface area contributed by atoms with E-state index in [0.717, 1.165) is 0 Å². The summed E-state index contributed by atoms with van der Waals surface area (Å²) in [4.78, 5) is 11.0. The predicted molar refractivity (Wildman–Crippen MR) is 44.4 cm³/mol. The van der Waals surface area contributed by atoms with Gasteiger partial charge < -0.3 is 10.5 Å². The van der Waals surface area contributed by atoms with Crippen molar-refractivity contribution < 1.29 is 9.53 Å². The highest BCUT2D eigenvalue weighted by Gasteiger charge is 2.05. The molecular formula is C8H17NO2. The van der Waals surface area contributed by atoms with Crippen LogP contribution in [0, 0.1) is 0 Å². The first-order valence-electron chi connectivity index (χ1n) is 3.91. The summed E-state index contributed by atoms with van der Waals surface area (Å²) < 4.78 is 5.10. The zero-order valence-electron chi connectivity index (χ0n) is 7.46. The van der Waals surface area contributed by atoms with E-state index >= 15 is 0 Å². The van der Waals surface area contributed by atoms with Crippen LogP contribution in [0.2, 0.25) is 0 Å². The molecule has 0 bridgehead atoms. The van der Waals surface area contributed by atoms with Gasteiger partial charge in [0.15, 0.2) is 5.78 Å². The van der Waals surface area contributed by atoms with Gasteiger partial charge >= 0.3 is 0 Å². The van der Waals surface area contributed by atoms with E-state index in [-0.39, 0.29) is 24.5 Å². The van der Waals surface area contributed by atoms with E-state index in [9.17, 15) is 4.79 Å². The Morgan fingerprint density at radius 1 is 1.45 bits per heavy atom. The quantitative estimate of drug-likeness (QED) is 0.643. The normalized spacial score (nSPS) is 13.5. The number of rotatable bonds is 5. The van der Waals surface area contributed by atoms with Gasteiger partial charge in [0, 0.05) is 12.5 Å². The average Bonchev–Trinajstić information content (AvgIpc) is 1.82. The molecule has 0 aromatic carbocycles. The van der Waals surface area contributed by atoms with Crippen LogP contribution in [0.25, 0.3) is 0 Å². The van der Waals surface area contributed by atoms with Gasteiger partial charge in [0.25, 0.3) is 0 Å². The maximum absolute atomic E-state index is 11.0. The standard InChI is InChI=1S/C8H17NO2/c1-6(2)11-5-8(10)4-7(3)9/h6-7H,4-5,9H2,1-3H3. The van der Waals surface area contributed by atoms with Gasteiger partial charge in [-0.05, 0) is 20.8 Å². The molecule has 0 rings (SSSR count). The fourth-order valence-electron chi connectivity index (χ4n) is 0.678. The zero-order valence-corrected chi connectivity index (χ0v) is 7.46. The van der Waals surface area contributed by atoms with Gasteiger partial charge in [-0.15, -0.1) is 0 Å². The van der Waals surface area contributed by atoms with Crippen LogP contribution in [0.1, 0.15) is 27.2 Å². The van der Waals surface area contributed by atoms with E-state index in [0.29, 0.717) is 6.42 Å². The van der Waals surface area contributed by atoms with Crippen LogP contribution < -0.4 is 5.73 Å². The van der Waals surface area contributed by atoms with Gasteiger partial charge in [-0.1, -0.05) is 0 Å². The smallest absolute Gasteiger partial charge is 0.160 e. The minimum absolute atomic E-state index is 0.0572. The van der Waals surface area contributed by atoms with E-state index in [1.165, 1.54) is 0 Å². The van der Waals surface area contributed by atoms with Crippen LogP contribution in [0.4, 0.5) is 0 Å². The molecule has 0 heterocycles. The fraction of sp³-hybridized carbons (Fsp3) is 0.875. The van der Waals surface area contributed by atoms with Crippen molar-refractivity contribution >= 4 is 5.78 Å². The third-order valence-corrected chi connectivity index (χ3v) is 1.13. The number of ether oxygens (including phenoxy) is 1.